The summed E-state index contributed by atoms with van der Waals surface area (Å²) in [6.45, 7) is 5.29. The van der Waals surface area contributed by atoms with E-state index < -0.39 is 0 Å². The molecule has 0 aliphatic heterocycles. The molecule has 0 unspecified atom stereocenters. The fourth-order valence-corrected chi connectivity index (χ4v) is 4.21. The van der Waals surface area contributed by atoms with Crippen molar-refractivity contribution in [2.45, 2.75) is 83.7 Å². The van der Waals surface area contributed by atoms with Crippen molar-refractivity contribution in [1.82, 2.24) is 10.6 Å². The van der Waals surface area contributed by atoms with E-state index in [2.05, 4.69) is 17.6 Å². The Balaban J connectivity index is 1.71. The van der Waals surface area contributed by atoms with E-state index in [1.165, 1.54) is 38.5 Å². The van der Waals surface area contributed by atoms with Crippen LogP contribution in [0.3, 0.4) is 0 Å². The molecule has 0 spiro atoms. The minimum atomic E-state index is -0.0601. The summed E-state index contributed by atoms with van der Waals surface area (Å²) < 4.78 is 10.8. The van der Waals surface area contributed by atoms with Gasteiger partial charge in [-0.15, -0.1) is 0 Å². The minimum absolute atomic E-state index is 0.0601. The molecular formula is C21H39N3O3. The second kappa shape index (κ2) is 12.2. The number of esters is 1. The maximum Gasteiger partial charge on any atom is 0.306 e. The SMILES string of the molecule is CCNC(=NCC1(CCOC)CCCC1)NCCCC(=O)OC1CCCC1. The molecule has 0 aromatic rings. The van der Waals surface area contributed by atoms with Gasteiger partial charge in [0.25, 0.3) is 0 Å². The topological polar surface area (TPSA) is 72.0 Å². The first-order valence-corrected chi connectivity index (χ1v) is 10.9. The number of carbonyl (C=O) groups is 1. The largest absolute Gasteiger partial charge is 0.462 e. The Labute approximate surface area is 164 Å². The molecule has 6 nitrogen and oxygen atoms in total. The summed E-state index contributed by atoms with van der Waals surface area (Å²) in [6.07, 6.45) is 12.0. The first kappa shape index (κ1) is 22.0. The molecule has 2 saturated carbocycles. The predicted molar refractivity (Wildman–Crippen MR) is 109 cm³/mol. The predicted octanol–water partition coefficient (Wildman–Crippen LogP) is 3.40. The number of hydrogen-bond donors (Lipinski definition) is 2. The molecule has 0 atom stereocenters. The van der Waals surface area contributed by atoms with Gasteiger partial charge < -0.3 is 20.1 Å². The van der Waals surface area contributed by atoms with E-state index >= 15 is 0 Å². The van der Waals surface area contributed by atoms with Crippen LogP contribution in [0.25, 0.3) is 0 Å². The summed E-state index contributed by atoms with van der Waals surface area (Å²) in [5.41, 5.74) is 0.295. The van der Waals surface area contributed by atoms with E-state index in [0.29, 0.717) is 11.8 Å². The molecule has 0 aromatic carbocycles. The van der Waals surface area contributed by atoms with Crippen LogP contribution in [-0.4, -0.2) is 51.4 Å². The highest BCUT2D eigenvalue weighted by Crippen LogP contribution is 2.41. The smallest absolute Gasteiger partial charge is 0.306 e. The zero-order valence-electron chi connectivity index (χ0n) is 17.4. The van der Waals surface area contributed by atoms with Gasteiger partial charge >= 0.3 is 5.97 Å². The minimum Gasteiger partial charge on any atom is -0.462 e. The summed E-state index contributed by atoms with van der Waals surface area (Å²) >= 11 is 0. The fourth-order valence-electron chi connectivity index (χ4n) is 4.21. The number of ether oxygens (including phenoxy) is 2. The highest BCUT2D eigenvalue weighted by atomic mass is 16.5. The van der Waals surface area contributed by atoms with Gasteiger partial charge in [0.1, 0.15) is 6.10 Å². The van der Waals surface area contributed by atoms with Crippen molar-refractivity contribution in [2.24, 2.45) is 10.4 Å². The van der Waals surface area contributed by atoms with Gasteiger partial charge in [-0.3, -0.25) is 9.79 Å². The van der Waals surface area contributed by atoms with Gasteiger partial charge in [-0.25, -0.2) is 0 Å². The van der Waals surface area contributed by atoms with Gasteiger partial charge in [-0.05, 0) is 63.7 Å². The summed E-state index contributed by atoms with van der Waals surface area (Å²) in [5.74, 6) is 0.792. The van der Waals surface area contributed by atoms with Gasteiger partial charge in [-0.1, -0.05) is 12.8 Å². The average molecular weight is 382 g/mol. The van der Waals surface area contributed by atoms with Crippen molar-refractivity contribution in [2.75, 3.05) is 33.4 Å². The first-order valence-electron chi connectivity index (χ1n) is 10.9. The molecule has 0 saturated heterocycles. The van der Waals surface area contributed by atoms with Crippen molar-refractivity contribution in [3.05, 3.63) is 0 Å². The molecule has 0 radical (unpaired) electrons. The molecule has 2 fully saturated rings. The Morgan fingerprint density at radius 3 is 2.56 bits per heavy atom. The second-order valence-corrected chi connectivity index (χ2v) is 8.07. The molecule has 6 heteroatoms. The number of aliphatic imine (C=N–C) groups is 1. The van der Waals surface area contributed by atoms with Crippen LogP contribution < -0.4 is 10.6 Å². The molecule has 27 heavy (non-hydrogen) atoms. The lowest BCUT2D eigenvalue weighted by Gasteiger charge is -2.27. The maximum atomic E-state index is 11.9. The molecule has 0 aromatic heterocycles. The molecule has 0 heterocycles. The molecule has 0 amide bonds. The third-order valence-corrected chi connectivity index (χ3v) is 5.87. The molecule has 2 rings (SSSR count). The molecule has 2 N–H and O–H groups in total. The third kappa shape index (κ3) is 8.08. The first-order chi connectivity index (χ1) is 13.2. The lowest BCUT2D eigenvalue weighted by molar-refractivity contribution is -0.148. The van der Waals surface area contributed by atoms with E-state index in [4.69, 9.17) is 14.5 Å². The van der Waals surface area contributed by atoms with E-state index in [-0.39, 0.29) is 12.1 Å². The average Bonchev–Trinajstić information content (AvgIpc) is 3.34. The van der Waals surface area contributed by atoms with Crippen LogP contribution in [0.4, 0.5) is 0 Å². The highest BCUT2D eigenvalue weighted by Gasteiger charge is 2.33. The summed E-state index contributed by atoms with van der Waals surface area (Å²) in [7, 11) is 1.77. The van der Waals surface area contributed by atoms with E-state index in [1.807, 2.05) is 0 Å². The van der Waals surface area contributed by atoms with Crippen LogP contribution in [-0.2, 0) is 14.3 Å². The Kier molecular flexibility index (Phi) is 9.95. The Morgan fingerprint density at radius 1 is 1.15 bits per heavy atom. The molecule has 2 aliphatic carbocycles. The van der Waals surface area contributed by atoms with E-state index in [9.17, 15) is 4.79 Å². The van der Waals surface area contributed by atoms with Crippen molar-refractivity contribution >= 4 is 11.9 Å². The number of guanidine groups is 1. The van der Waals surface area contributed by atoms with Gasteiger partial charge in [0.05, 0.1) is 0 Å². The quantitative estimate of drug-likeness (QED) is 0.248. The van der Waals surface area contributed by atoms with Crippen molar-refractivity contribution in [1.29, 1.82) is 0 Å². The highest BCUT2D eigenvalue weighted by molar-refractivity contribution is 5.79. The zero-order valence-corrected chi connectivity index (χ0v) is 17.4. The Hall–Kier alpha value is -1.30. The third-order valence-electron chi connectivity index (χ3n) is 5.87. The molecule has 0 bridgehead atoms. The van der Waals surface area contributed by atoms with Gasteiger partial charge in [0.15, 0.2) is 5.96 Å². The summed E-state index contributed by atoms with van der Waals surface area (Å²) in [4.78, 5) is 16.7. The second-order valence-electron chi connectivity index (χ2n) is 8.07. The number of nitrogens with one attached hydrogen (secondary N) is 2. The zero-order chi connectivity index (χ0) is 19.4. The van der Waals surface area contributed by atoms with E-state index in [1.54, 1.807) is 7.11 Å². The maximum absolute atomic E-state index is 11.9. The van der Waals surface area contributed by atoms with Crippen LogP contribution in [0.15, 0.2) is 4.99 Å². The molecule has 156 valence electrons. The van der Waals surface area contributed by atoms with Crippen LogP contribution >= 0.6 is 0 Å². The Morgan fingerprint density at radius 2 is 1.89 bits per heavy atom. The Bertz CT molecular complexity index is 456. The number of hydrogen-bond acceptors (Lipinski definition) is 4. The lowest BCUT2D eigenvalue weighted by atomic mass is 9.83. The van der Waals surface area contributed by atoms with Crippen molar-refractivity contribution in [3.8, 4) is 0 Å². The molecule has 2 aliphatic rings. The van der Waals surface area contributed by atoms with Gasteiger partial charge in [0, 0.05) is 39.8 Å². The van der Waals surface area contributed by atoms with Crippen LogP contribution in [0.2, 0.25) is 0 Å². The summed E-state index contributed by atoms with van der Waals surface area (Å²) in [6, 6.07) is 0. The number of rotatable bonds is 11. The van der Waals surface area contributed by atoms with Crippen molar-refractivity contribution < 1.29 is 14.3 Å². The normalized spacial score (nSPS) is 20.0. The van der Waals surface area contributed by atoms with Crippen LogP contribution in [0, 0.1) is 5.41 Å². The number of nitrogens with zero attached hydrogens (tertiary/aromatic N) is 1. The fraction of sp³-hybridized carbons (Fsp3) is 0.905. The number of methoxy groups -OCH3 is 1. The van der Waals surface area contributed by atoms with Crippen molar-refractivity contribution in [3.63, 3.8) is 0 Å². The monoisotopic (exact) mass is 381 g/mol. The standard InChI is InChI=1S/C21H39N3O3/c1-3-22-20(24-17-21(14-16-26-2)12-6-7-13-21)23-15-8-11-19(25)27-18-9-4-5-10-18/h18H,3-17H2,1-2H3,(H2,22,23,24). The van der Waals surface area contributed by atoms with E-state index in [0.717, 1.165) is 57.9 Å². The lowest BCUT2D eigenvalue weighted by Crippen LogP contribution is -2.39. The number of carbonyl (C=O) groups excluding carboxylic acids is 1. The van der Waals surface area contributed by atoms with Gasteiger partial charge in [-0.2, -0.15) is 0 Å². The summed E-state index contributed by atoms with van der Waals surface area (Å²) in [5, 5.41) is 6.69. The van der Waals surface area contributed by atoms with Crippen LogP contribution in [0.1, 0.15) is 77.6 Å². The molecular weight excluding hydrogens is 342 g/mol. The van der Waals surface area contributed by atoms with Gasteiger partial charge in [0.2, 0.25) is 0 Å². The van der Waals surface area contributed by atoms with Crippen LogP contribution in [0.5, 0.6) is 0 Å².